The summed E-state index contributed by atoms with van der Waals surface area (Å²) in [6.07, 6.45) is 3.28. The van der Waals surface area contributed by atoms with Crippen LogP contribution in [0.5, 0.6) is 0 Å². The van der Waals surface area contributed by atoms with E-state index in [1.54, 1.807) is 0 Å². The number of hydrogen-bond donors (Lipinski definition) is 0. The van der Waals surface area contributed by atoms with Crippen LogP contribution in [0, 0.1) is 6.08 Å². The van der Waals surface area contributed by atoms with Crippen LogP contribution in [0.15, 0.2) is 60.7 Å². The zero-order valence-corrected chi connectivity index (χ0v) is 17.3. The van der Waals surface area contributed by atoms with Crippen LogP contribution in [0.25, 0.3) is 5.20 Å². The predicted octanol–water partition coefficient (Wildman–Crippen LogP) is 5.80. The molecule has 0 saturated carbocycles. The number of hydrogen-bond acceptors (Lipinski definition) is 1. The number of allylic oxidation sites excluding steroid dienone is 1. The van der Waals surface area contributed by atoms with Crippen LogP contribution in [0.2, 0.25) is 18.1 Å². The van der Waals surface area contributed by atoms with Gasteiger partial charge in [0.25, 0.3) is 0 Å². The first kappa shape index (κ1) is 20.7. The van der Waals surface area contributed by atoms with Gasteiger partial charge in [-0.1, -0.05) is 80.9 Å². The average molecular weight is 424 g/mol. The Balaban J connectivity index is 0.00000288. The molecule has 0 unspecified atom stereocenters. The van der Waals surface area contributed by atoms with E-state index in [1.807, 2.05) is 48.5 Å². The molecule has 1 nitrogen and oxygen atoms in total. The summed E-state index contributed by atoms with van der Waals surface area (Å²) in [6, 6.07) is 23.2. The van der Waals surface area contributed by atoms with Crippen molar-refractivity contribution in [3.8, 4) is 0 Å². The SMILES string of the molecule is CC[Si](CC)(CC)C(=[C-]C(=O)c1ccccc1)c1ccccc1.[Rh]. The van der Waals surface area contributed by atoms with Crippen LogP contribution in [-0.2, 0) is 19.5 Å². The van der Waals surface area contributed by atoms with Crippen molar-refractivity contribution in [2.75, 3.05) is 0 Å². The molecule has 0 heterocycles. The average Bonchev–Trinajstić information content (AvgIpc) is 2.64. The molecule has 0 aliphatic carbocycles. The molecule has 1 radical (unpaired) electrons. The smallest absolute Gasteiger partial charge is 0.0752 e. The minimum Gasteiger partial charge on any atom is -0.319 e. The monoisotopic (exact) mass is 424 g/mol. The minimum atomic E-state index is -1.70. The van der Waals surface area contributed by atoms with Crippen LogP contribution in [0.1, 0.15) is 36.7 Å². The normalized spacial score (nSPS) is 11.7. The molecule has 0 fully saturated rings. The Kier molecular flexibility index (Phi) is 8.52. The minimum absolute atomic E-state index is 0. The molecule has 129 valence electrons. The Hall–Kier alpha value is -1.31. The zero-order chi connectivity index (χ0) is 16.7. The van der Waals surface area contributed by atoms with E-state index in [1.165, 1.54) is 5.20 Å². The van der Waals surface area contributed by atoms with Gasteiger partial charge in [-0.15, -0.1) is 35.9 Å². The third kappa shape index (κ3) is 4.62. The van der Waals surface area contributed by atoms with Crippen molar-refractivity contribution in [2.45, 2.75) is 38.9 Å². The first-order valence-electron chi connectivity index (χ1n) is 8.46. The summed E-state index contributed by atoms with van der Waals surface area (Å²) < 4.78 is 0. The number of carbonyl (C=O) groups is 1. The Morgan fingerprint density at radius 3 is 1.62 bits per heavy atom. The number of benzene rings is 2. The van der Waals surface area contributed by atoms with Gasteiger partial charge in [-0.3, -0.25) is 0 Å². The van der Waals surface area contributed by atoms with Gasteiger partial charge in [-0.25, -0.2) is 0 Å². The van der Waals surface area contributed by atoms with E-state index >= 15 is 0 Å². The van der Waals surface area contributed by atoms with E-state index in [0.29, 0.717) is 5.56 Å². The fourth-order valence-corrected chi connectivity index (χ4v) is 6.89. The molecule has 24 heavy (non-hydrogen) atoms. The second-order valence-corrected chi connectivity index (χ2v) is 11.1. The molecule has 0 aliphatic rings. The summed E-state index contributed by atoms with van der Waals surface area (Å²) in [5.74, 6) is -0.00308. The second-order valence-electron chi connectivity index (χ2n) is 5.90. The number of ketones is 1. The van der Waals surface area contributed by atoms with Gasteiger partial charge in [0.2, 0.25) is 0 Å². The largest absolute Gasteiger partial charge is 0.319 e. The van der Waals surface area contributed by atoms with E-state index in [4.69, 9.17) is 0 Å². The number of Topliss-reactive ketones (excluding diaryl/α,β-unsaturated/α-hetero) is 1. The molecule has 0 bridgehead atoms. The Morgan fingerprint density at radius 1 is 0.792 bits per heavy atom. The van der Waals surface area contributed by atoms with Crippen molar-refractivity contribution in [1.29, 1.82) is 0 Å². The van der Waals surface area contributed by atoms with Crippen molar-refractivity contribution < 1.29 is 24.3 Å². The molecular formula is C21H25ORhSi-. The van der Waals surface area contributed by atoms with Gasteiger partial charge in [-0.2, -0.15) is 5.20 Å². The Morgan fingerprint density at radius 2 is 1.21 bits per heavy atom. The molecule has 0 atom stereocenters. The molecule has 0 saturated heterocycles. The van der Waals surface area contributed by atoms with E-state index < -0.39 is 8.07 Å². The number of rotatable bonds is 7. The van der Waals surface area contributed by atoms with Gasteiger partial charge in [-0.05, 0) is 0 Å². The van der Waals surface area contributed by atoms with Crippen LogP contribution in [-0.4, -0.2) is 13.9 Å². The molecule has 2 aromatic rings. The topological polar surface area (TPSA) is 17.1 Å². The zero-order valence-electron chi connectivity index (χ0n) is 14.6. The molecule has 0 aromatic heterocycles. The van der Waals surface area contributed by atoms with Crippen molar-refractivity contribution in [3.05, 3.63) is 77.9 Å². The van der Waals surface area contributed by atoms with E-state index in [2.05, 4.69) is 39.0 Å². The van der Waals surface area contributed by atoms with Gasteiger partial charge < -0.3 is 4.79 Å². The van der Waals surface area contributed by atoms with Crippen LogP contribution >= 0.6 is 0 Å². The summed E-state index contributed by atoms with van der Waals surface area (Å²) in [5.41, 5.74) is 1.88. The van der Waals surface area contributed by atoms with Gasteiger partial charge in [0, 0.05) is 19.5 Å². The van der Waals surface area contributed by atoms with Crippen molar-refractivity contribution in [2.24, 2.45) is 0 Å². The summed E-state index contributed by atoms with van der Waals surface area (Å²) in [5, 5.41) is 1.18. The van der Waals surface area contributed by atoms with Gasteiger partial charge in [0.15, 0.2) is 0 Å². The molecule has 3 heteroatoms. The van der Waals surface area contributed by atoms with E-state index in [0.717, 1.165) is 23.7 Å². The molecule has 2 aromatic carbocycles. The van der Waals surface area contributed by atoms with Crippen molar-refractivity contribution in [1.82, 2.24) is 0 Å². The van der Waals surface area contributed by atoms with Crippen LogP contribution in [0.3, 0.4) is 0 Å². The number of carbonyl (C=O) groups excluding carboxylic acids is 1. The predicted molar refractivity (Wildman–Crippen MR) is 101 cm³/mol. The maximum Gasteiger partial charge on any atom is 0.0752 e. The van der Waals surface area contributed by atoms with Gasteiger partial charge in [0.05, 0.1) is 13.9 Å². The molecule has 0 spiro atoms. The Labute approximate surface area is 160 Å². The molecular weight excluding hydrogens is 399 g/mol. The second kappa shape index (κ2) is 9.86. The van der Waals surface area contributed by atoms with E-state index in [9.17, 15) is 4.79 Å². The molecule has 0 aliphatic heterocycles. The molecule has 2 rings (SSSR count). The third-order valence-corrected chi connectivity index (χ3v) is 10.4. The fraction of sp³-hybridized carbons (Fsp3) is 0.286. The van der Waals surface area contributed by atoms with Gasteiger partial charge >= 0.3 is 0 Å². The summed E-state index contributed by atoms with van der Waals surface area (Å²) >= 11 is 0. The van der Waals surface area contributed by atoms with E-state index in [-0.39, 0.29) is 25.3 Å². The standard InChI is InChI=1S/C21H25OSi.Rh/c1-4-23(5-2,6-3)21(19-15-11-8-12-16-19)17-20(22)18-13-9-7-10-14-18;/h7-16H,4-6H2,1-3H3;/q-1;. The summed E-state index contributed by atoms with van der Waals surface area (Å²) in [7, 11) is -1.70. The van der Waals surface area contributed by atoms with Crippen molar-refractivity contribution in [3.63, 3.8) is 0 Å². The fourth-order valence-electron chi connectivity index (χ4n) is 3.17. The Bertz CT molecular complexity index is 652. The first-order valence-corrected chi connectivity index (χ1v) is 11.1. The summed E-state index contributed by atoms with van der Waals surface area (Å²) in [6.45, 7) is 6.78. The van der Waals surface area contributed by atoms with Crippen molar-refractivity contribution >= 4 is 19.1 Å². The first-order chi connectivity index (χ1) is 11.2. The molecule has 0 amide bonds. The van der Waals surface area contributed by atoms with Crippen LogP contribution in [0.4, 0.5) is 0 Å². The van der Waals surface area contributed by atoms with Crippen LogP contribution < -0.4 is 0 Å². The maximum atomic E-state index is 12.7. The maximum absolute atomic E-state index is 12.7. The summed E-state index contributed by atoms with van der Waals surface area (Å²) in [4.78, 5) is 12.7. The molecule has 0 N–H and O–H groups in total. The van der Waals surface area contributed by atoms with Gasteiger partial charge in [0.1, 0.15) is 0 Å². The third-order valence-electron chi connectivity index (χ3n) is 4.90. The quantitative estimate of drug-likeness (QED) is 0.238.